The first-order chi connectivity index (χ1) is 8.28. The van der Waals surface area contributed by atoms with Crippen LogP contribution in [0.5, 0.6) is 0 Å². The van der Waals surface area contributed by atoms with Gasteiger partial charge in [0.15, 0.2) is 0 Å². The van der Waals surface area contributed by atoms with Crippen molar-refractivity contribution in [3.05, 3.63) is 18.0 Å². The van der Waals surface area contributed by atoms with Crippen molar-refractivity contribution in [2.45, 2.75) is 18.5 Å². The standard InChI is InChI=1S/C10H13N5O2/c16-9(14-17)6-2-12-10(13-3-6)15-5-7-1-8(15)4-11-7/h2-3,7-8,11,17H,1,4-5H2,(H,14,16)/t7-,8-/m1/s1. The molecule has 3 rings (SSSR count). The predicted molar refractivity (Wildman–Crippen MR) is 58.8 cm³/mol. The van der Waals surface area contributed by atoms with Gasteiger partial charge in [-0.05, 0) is 6.42 Å². The number of aromatic nitrogens is 2. The predicted octanol–water partition coefficient (Wildman–Crippen LogP) is -0.854. The van der Waals surface area contributed by atoms with Crippen LogP contribution in [0, 0.1) is 0 Å². The topological polar surface area (TPSA) is 90.4 Å². The Kier molecular flexibility index (Phi) is 2.41. The molecule has 0 spiro atoms. The van der Waals surface area contributed by atoms with Crippen LogP contribution in [0.2, 0.25) is 0 Å². The van der Waals surface area contributed by atoms with Gasteiger partial charge in [-0.2, -0.15) is 0 Å². The number of hydroxylamine groups is 1. The lowest BCUT2D eigenvalue weighted by Gasteiger charge is -2.27. The zero-order chi connectivity index (χ0) is 11.8. The van der Waals surface area contributed by atoms with E-state index < -0.39 is 5.91 Å². The molecule has 3 heterocycles. The fourth-order valence-electron chi connectivity index (χ4n) is 2.46. The maximum absolute atomic E-state index is 11.1. The van der Waals surface area contributed by atoms with Crippen molar-refractivity contribution in [1.82, 2.24) is 20.8 Å². The number of anilines is 1. The summed E-state index contributed by atoms with van der Waals surface area (Å²) in [6.07, 6.45) is 3.98. The molecule has 1 aromatic rings. The molecule has 0 saturated carbocycles. The van der Waals surface area contributed by atoms with Gasteiger partial charge in [0.1, 0.15) is 0 Å². The highest BCUT2D eigenvalue weighted by atomic mass is 16.5. The second-order valence-corrected chi connectivity index (χ2v) is 4.36. The second kappa shape index (κ2) is 3.94. The lowest BCUT2D eigenvalue weighted by Crippen LogP contribution is -2.44. The molecule has 2 aliphatic heterocycles. The summed E-state index contributed by atoms with van der Waals surface area (Å²) in [5.74, 6) is 0.0506. The number of fused-ring (bicyclic) bond motifs is 2. The first-order valence-electron chi connectivity index (χ1n) is 5.54. The number of amides is 1. The summed E-state index contributed by atoms with van der Waals surface area (Å²) in [7, 11) is 0. The third-order valence-corrected chi connectivity index (χ3v) is 3.32. The van der Waals surface area contributed by atoms with E-state index in [-0.39, 0.29) is 5.56 Å². The van der Waals surface area contributed by atoms with Gasteiger partial charge in [0.05, 0.1) is 5.56 Å². The van der Waals surface area contributed by atoms with Gasteiger partial charge in [-0.15, -0.1) is 0 Å². The van der Waals surface area contributed by atoms with Crippen LogP contribution in [-0.2, 0) is 0 Å². The smallest absolute Gasteiger partial charge is 0.277 e. The van der Waals surface area contributed by atoms with Crippen molar-refractivity contribution in [3.8, 4) is 0 Å². The molecule has 0 aromatic carbocycles. The van der Waals surface area contributed by atoms with E-state index in [2.05, 4.69) is 20.2 Å². The van der Waals surface area contributed by atoms with Crippen molar-refractivity contribution in [1.29, 1.82) is 0 Å². The van der Waals surface area contributed by atoms with Crippen LogP contribution in [0.3, 0.4) is 0 Å². The molecule has 3 N–H and O–H groups in total. The van der Waals surface area contributed by atoms with Crippen LogP contribution in [0.4, 0.5) is 5.95 Å². The van der Waals surface area contributed by atoms with Gasteiger partial charge in [0, 0.05) is 37.6 Å². The van der Waals surface area contributed by atoms with E-state index in [0.717, 1.165) is 19.5 Å². The molecule has 2 atom stereocenters. The minimum atomic E-state index is -0.596. The van der Waals surface area contributed by atoms with Crippen molar-refractivity contribution in [2.24, 2.45) is 0 Å². The molecule has 90 valence electrons. The molecule has 2 bridgehead atoms. The molecule has 2 aliphatic rings. The van der Waals surface area contributed by atoms with E-state index in [0.29, 0.717) is 18.0 Å². The first kappa shape index (κ1) is 10.4. The van der Waals surface area contributed by atoms with Crippen LogP contribution in [0.1, 0.15) is 16.8 Å². The van der Waals surface area contributed by atoms with E-state index in [9.17, 15) is 4.79 Å². The fourth-order valence-corrected chi connectivity index (χ4v) is 2.46. The highest BCUT2D eigenvalue weighted by Gasteiger charge is 2.38. The van der Waals surface area contributed by atoms with Crippen LogP contribution in [0.25, 0.3) is 0 Å². The molecule has 1 amide bonds. The van der Waals surface area contributed by atoms with Gasteiger partial charge in [-0.3, -0.25) is 10.0 Å². The average Bonchev–Trinajstić information content (AvgIpc) is 3.00. The van der Waals surface area contributed by atoms with Crippen molar-refractivity contribution < 1.29 is 10.0 Å². The van der Waals surface area contributed by atoms with Gasteiger partial charge < -0.3 is 10.2 Å². The third kappa shape index (κ3) is 1.73. The molecular weight excluding hydrogens is 222 g/mol. The Morgan fingerprint density at radius 3 is 2.82 bits per heavy atom. The van der Waals surface area contributed by atoms with Crippen LogP contribution in [0.15, 0.2) is 12.4 Å². The van der Waals surface area contributed by atoms with Crippen molar-refractivity contribution in [2.75, 3.05) is 18.0 Å². The Balaban J connectivity index is 1.78. The number of hydrogen-bond acceptors (Lipinski definition) is 6. The summed E-state index contributed by atoms with van der Waals surface area (Å²) in [6, 6.07) is 0.988. The largest absolute Gasteiger partial charge is 0.335 e. The monoisotopic (exact) mass is 235 g/mol. The maximum atomic E-state index is 11.1. The SMILES string of the molecule is O=C(NO)c1cnc(N2C[C@H]3C[C@@H]2CN3)nc1. The van der Waals surface area contributed by atoms with Gasteiger partial charge in [0.2, 0.25) is 5.95 Å². The summed E-state index contributed by atoms with van der Waals surface area (Å²) >= 11 is 0. The van der Waals surface area contributed by atoms with Gasteiger partial charge in [-0.1, -0.05) is 0 Å². The number of hydrogen-bond donors (Lipinski definition) is 3. The third-order valence-electron chi connectivity index (χ3n) is 3.32. The van der Waals surface area contributed by atoms with E-state index in [4.69, 9.17) is 5.21 Å². The van der Waals surface area contributed by atoms with Crippen molar-refractivity contribution >= 4 is 11.9 Å². The molecule has 0 radical (unpaired) electrons. The summed E-state index contributed by atoms with van der Waals surface area (Å²) in [4.78, 5) is 21.6. The number of piperazine rings is 1. The second-order valence-electron chi connectivity index (χ2n) is 4.36. The Labute approximate surface area is 97.8 Å². The fraction of sp³-hybridized carbons (Fsp3) is 0.500. The van der Waals surface area contributed by atoms with E-state index in [1.54, 1.807) is 5.48 Å². The lowest BCUT2D eigenvalue weighted by atomic mass is 10.2. The molecule has 0 aliphatic carbocycles. The molecule has 7 nitrogen and oxygen atoms in total. The quantitative estimate of drug-likeness (QED) is 0.457. The van der Waals surface area contributed by atoms with Crippen molar-refractivity contribution in [3.63, 3.8) is 0 Å². The van der Waals surface area contributed by atoms with E-state index in [1.165, 1.54) is 12.4 Å². The summed E-state index contributed by atoms with van der Waals surface area (Å²) in [6.45, 7) is 1.88. The highest BCUT2D eigenvalue weighted by molar-refractivity contribution is 5.92. The molecule has 17 heavy (non-hydrogen) atoms. The minimum Gasteiger partial charge on any atom is -0.335 e. The number of nitrogens with zero attached hydrogens (tertiary/aromatic N) is 3. The van der Waals surface area contributed by atoms with Gasteiger partial charge >= 0.3 is 0 Å². The van der Waals surface area contributed by atoms with Gasteiger partial charge in [-0.25, -0.2) is 15.4 Å². The number of carbonyl (C=O) groups excluding carboxylic acids is 1. The van der Waals surface area contributed by atoms with E-state index >= 15 is 0 Å². The molecular formula is C10H13N5O2. The lowest BCUT2D eigenvalue weighted by molar-refractivity contribution is 0.0705. The molecule has 1 aromatic heterocycles. The van der Waals surface area contributed by atoms with E-state index in [1.807, 2.05) is 0 Å². The summed E-state index contributed by atoms with van der Waals surface area (Å²) < 4.78 is 0. The van der Waals surface area contributed by atoms with Crippen LogP contribution >= 0.6 is 0 Å². The Morgan fingerprint density at radius 1 is 1.53 bits per heavy atom. The Bertz CT molecular complexity index is 435. The zero-order valence-corrected chi connectivity index (χ0v) is 9.13. The molecule has 0 unspecified atom stereocenters. The highest BCUT2D eigenvalue weighted by Crippen LogP contribution is 2.26. The van der Waals surface area contributed by atoms with Gasteiger partial charge in [0.25, 0.3) is 5.91 Å². The normalized spacial score (nSPS) is 26.3. The molecule has 2 saturated heterocycles. The number of carbonyl (C=O) groups is 1. The molecule has 7 heteroatoms. The number of rotatable bonds is 2. The maximum Gasteiger partial charge on any atom is 0.277 e. The Hall–Kier alpha value is -1.73. The molecule has 2 fully saturated rings. The summed E-state index contributed by atoms with van der Waals surface area (Å²) in [5.41, 5.74) is 1.80. The van der Waals surface area contributed by atoms with Crippen LogP contribution in [-0.4, -0.2) is 46.3 Å². The number of nitrogens with one attached hydrogen (secondary N) is 2. The summed E-state index contributed by atoms with van der Waals surface area (Å²) in [5, 5.41) is 11.9. The Morgan fingerprint density at radius 2 is 2.29 bits per heavy atom. The average molecular weight is 235 g/mol. The zero-order valence-electron chi connectivity index (χ0n) is 9.13. The first-order valence-corrected chi connectivity index (χ1v) is 5.54. The van der Waals surface area contributed by atoms with Crippen LogP contribution < -0.4 is 15.7 Å². The minimum absolute atomic E-state index is 0.249.